The van der Waals surface area contributed by atoms with Gasteiger partial charge in [0.05, 0.1) is 13.2 Å². The molecule has 1 rings (SSSR count). The third-order valence-electron chi connectivity index (χ3n) is 2.87. The molecule has 4 heteroatoms. The fourth-order valence-electron chi connectivity index (χ4n) is 1.61. The number of hydrogen-bond acceptors (Lipinski definition) is 4. The van der Waals surface area contributed by atoms with Crippen molar-refractivity contribution in [3.05, 3.63) is 0 Å². The molecule has 1 aliphatic heterocycles. The van der Waals surface area contributed by atoms with Gasteiger partial charge in [-0.1, -0.05) is 13.3 Å². The van der Waals surface area contributed by atoms with Gasteiger partial charge in [-0.3, -0.25) is 4.79 Å². The van der Waals surface area contributed by atoms with Crippen molar-refractivity contribution in [1.82, 2.24) is 0 Å². The molecule has 0 aromatic carbocycles. The number of carbonyl (C=O) groups excluding carboxylic acids is 1. The Bertz CT molecular complexity index is 186. The van der Waals surface area contributed by atoms with E-state index in [0.717, 1.165) is 26.1 Å². The molecular weight excluding hydrogens is 194 g/mol. The maximum atomic E-state index is 11.4. The summed E-state index contributed by atoms with van der Waals surface area (Å²) in [6.07, 6.45) is 2.38. The first-order valence-electron chi connectivity index (χ1n) is 5.69. The minimum Gasteiger partial charge on any atom is -0.465 e. The zero-order valence-electron chi connectivity index (χ0n) is 9.41. The fourth-order valence-corrected chi connectivity index (χ4v) is 1.61. The Morgan fingerprint density at radius 3 is 3.00 bits per heavy atom. The van der Waals surface area contributed by atoms with E-state index in [9.17, 15) is 4.79 Å². The van der Waals surface area contributed by atoms with Crippen LogP contribution in [0, 0.1) is 11.8 Å². The zero-order chi connectivity index (χ0) is 11.1. The van der Waals surface area contributed by atoms with Crippen LogP contribution >= 0.6 is 0 Å². The Labute approximate surface area is 91.1 Å². The molecule has 0 aliphatic carbocycles. The summed E-state index contributed by atoms with van der Waals surface area (Å²) in [7, 11) is 0. The second-order valence-electron chi connectivity index (χ2n) is 4.13. The van der Waals surface area contributed by atoms with Gasteiger partial charge in [-0.05, 0) is 18.9 Å². The summed E-state index contributed by atoms with van der Waals surface area (Å²) in [5.74, 6) is 0.531. The Morgan fingerprint density at radius 1 is 1.67 bits per heavy atom. The van der Waals surface area contributed by atoms with E-state index in [2.05, 4.69) is 0 Å². The number of nitrogens with two attached hydrogens (primary N) is 1. The van der Waals surface area contributed by atoms with Gasteiger partial charge >= 0.3 is 5.97 Å². The lowest BCUT2D eigenvalue weighted by molar-refractivity contribution is -0.146. The average molecular weight is 215 g/mol. The van der Waals surface area contributed by atoms with E-state index in [0.29, 0.717) is 25.5 Å². The number of rotatable bonds is 6. The highest BCUT2D eigenvalue weighted by atomic mass is 16.5. The van der Waals surface area contributed by atoms with E-state index in [1.54, 1.807) is 0 Å². The van der Waals surface area contributed by atoms with E-state index in [-0.39, 0.29) is 11.9 Å². The van der Waals surface area contributed by atoms with Crippen molar-refractivity contribution < 1.29 is 14.3 Å². The molecule has 0 saturated carbocycles. The van der Waals surface area contributed by atoms with Crippen LogP contribution in [-0.4, -0.2) is 32.3 Å². The molecule has 88 valence electrons. The van der Waals surface area contributed by atoms with Gasteiger partial charge < -0.3 is 15.2 Å². The van der Waals surface area contributed by atoms with Crippen molar-refractivity contribution >= 4 is 5.97 Å². The van der Waals surface area contributed by atoms with Gasteiger partial charge in [0, 0.05) is 18.9 Å². The first-order valence-corrected chi connectivity index (χ1v) is 5.69. The molecule has 1 fully saturated rings. The second kappa shape index (κ2) is 6.80. The van der Waals surface area contributed by atoms with Crippen LogP contribution < -0.4 is 5.73 Å². The van der Waals surface area contributed by atoms with E-state index < -0.39 is 0 Å². The number of hydrogen-bond donors (Lipinski definition) is 1. The molecule has 0 bridgehead atoms. The van der Waals surface area contributed by atoms with Crippen LogP contribution in [0.1, 0.15) is 26.2 Å². The Kier molecular flexibility index (Phi) is 5.65. The molecule has 0 aromatic heterocycles. The Hall–Kier alpha value is -0.610. The largest absolute Gasteiger partial charge is 0.465 e. The number of ether oxygens (including phenoxy) is 2. The van der Waals surface area contributed by atoms with E-state index in [4.69, 9.17) is 15.2 Å². The fraction of sp³-hybridized carbons (Fsp3) is 0.909. The lowest BCUT2D eigenvalue weighted by atomic mass is 10.0. The van der Waals surface area contributed by atoms with Gasteiger partial charge in [-0.25, -0.2) is 0 Å². The summed E-state index contributed by atoms with van der Waals surface area (Å²) in [5, 5.41) is 0. The predicted octanol–water partition coefficient (Wildman–Crippen LogP) is 0.941. The third-order valence-corrected chi connectivity index (χ3v) is 2.87. The highest BCUT2D eigenvalue weighted by molar-refractivity contribution is 5.69. The molecule has 0 spiro atoms. The molecule has 1 heterocycles. The van der Waals surface area contributed by atoms with Crippen LogP contribution in [0.4, 0.5) is 0 Å². The molecule has 2 N–H and O–H groups in total. The van der Waals surface area contributed by atoms with Crippen molar-refractivity contribution in [2.24, 2.45) is 17.6 Å². The van der Waals surface area contributed by atoms with Gasteiger partial charge in [0.25, 0.3) is 0 Å². The van der Waals surface area contributed by atoms with Gasteiger partial charge in [0.1, 0.15) is 0 Å². The molecular formula is C11H21NO3. The predicted molar refractivity (Wildman–Crippen MR) is 57.3 cm³/mol. The summed E-state index contributed by atoms with van der Waals surface area (Å²) in [6, 6.07) is 0. The van der Waals surface area contributed by atoms with Crippen molar-refractivity contribution in [2.45, 2.75) is 26.2 Å². The molecule has 2 atom stereocenters. The van der Waals surface area contributed by atoms with Crippen LogP contribution in [-0.2, 0) is 14.3 Å². The molecule has 0 amide bonds. The van der Waals surface area contributed by atoms with E-state index in [1.165, 1.54) is 0 Å². The first kappa shape index (κ1) is 12.5. The second-order valence-corrected chi connectivity index (χ2v) is 4.13. The summed E-state index contributed by atoms with van der Waals surface area (Å²) < 4.78 is 10.4. The maximum absolute atomic E-state index is 11.4. The minimum absolute atomic E-state index is 0.126. The molecule has 2 unspecified atom stereocenters. The summed E-state index contributed by atoms with van der Waals surface area (Å²) in [6.45, 7) is 4.61. The van der Waals surface area contributed by atoms with Gasteiger partial charge in [-0.2, -0.15) is 0 Å². The van der Waals surface area contributed by atoms with Crippen LogP contribution in [0.15, 0.2) is 0 Å². The first-order chi connectivity index (χ1) is 7.26. The van der Waals surface area contributed by atoms with Crippen molar-refractivity contribution in [1.29, 1.82) is 0 Å². The highest BCUT2D eigenvalue weighted by Crippen LogP contribution is 2.13. The summed E-state index contributed by atoms with van der Waals surface area (Å²) >= 11 is 0. The molecule has 15 heavy (non-hydrogen) atoms. The SMILES string of the molecule is CCC(CN)CC(=O)OCC1CCOC1. The quantitative estimate of drug-likeness (QED) is 0.670. The number of carbonyl (C=O) groups is 1. The summed E-state index contributed by atoms with van der Waals surface area (Å²) in [4.78, 5) is 11.4. The molecule has 4 nitrogen and oxygen atoms in total. The van der Waals surface area contributed by atoms with E-state index in [1.807, 2.05) is 6.92 Å². The van der Waals surface area contributed by atoms with Crippen molar-refractivity contribution in [2.75, 3.05) is 26.4 Å². The van der Waals surface area contributed by atoms with Crippen LogP contribution in [0.3, 0.4) is 0 Å². The number of esters is 1. The van der Waals surface area contributed by atoms with E-state index >= 15 is 0 Å². The summed E-state index contributed by atoms with van der Waals surface area (Å²) in [5.41, 5.74) is 5.52. The molecule has 0 radical (unpaired) electrons. The lowest BCUT2D eigenvalue weighted by Crippen LogP contribution is -2.21. The normalized spacial score (nSPS) is 22.7. The highest BCUT2D eigenvalue weighted by Gasteiger charge is 2.18. The van der Waals surface area contributed by atoms with Gasteiger partial charge in [0.15, 0.2) is 0 Å². The Balaban J connectivity index is 2.11. The zero-order valence-corrected chi connectivity index (χ0v) is 9.41. The van der Waals surface area contributed by atoms with Crippen LogP contribution in [0.25, 0.3) is 0 Å². The standard InChI is InChI=1S/C11H21NO3/c1-2-9(6-12)5-11(13)15-8-10-3-4-14-7-10/h9-10H,2-8,12H2,1H3. The lowest BCUT2D eigenvalue weighted by Gasteiger charge is -2.13. The maximum Gasteiger partial charge on any atom is 0.306 e. The van der Waals surface area contributed by atoms with Crippen LogP contribution in [0.5, 0.6) is 0 Å². The Morgan fingerprint density at radius 2 is 2.47 bits per heavy atom. The molecule has 1 saturated heterocycles. The van der Waals surface area contributed by atoms with Gasteiger partial charge in [0.2, 0.25) is 0 Å². The third kappa shape index (κ3) is 4.62. The topological polar surface area (TPSA) is 61.6 Å². The smallest absolute Gasteiger partial charge is 0.306 e. The minimum atomic E-state index is -0.126. The van der Waals surface area contributed by atoms with Gasteiger partial charge in [-0.15, -0.1) is 0 Å². The van der Waals surface area contributed by atoms with Crippen molar-refractivity contribution in [3.63, 3.8) is 0 Å². The average Bonchev–Trinajstić information content (AvgIpc) is 2.75. The molecule has 1 aliphatic rings. The molecule has 0 aromatic rings. The monoisotopic (exact) mass is 215 g/mol. The van der Waals surface area contributed by atoms with Crippen LogP contribution in [0.2, 0.25) is 0 Å². The van der Waals surface area contributed by atoms with Crippen molar-refractivity contribution in [3.8, 4) is 0 Å².